The van der Waals surface area contributed by atoms with Gasteiger partial charge in [-0.2, -0.15) is 0 Å². The second-order valence-electron chi connectivity index (χ2n) is 2.91. The van der Waals surface area contributed by atoms with E-state index in [1.807, 2.05) is 48.1 Å². The molecule has 0 aromatic carbocycles. The number of aliphatic hydroxyl groups excluding tert-OH is 1. The van der Waals surface area contributed by atoms with Crippen molar-refractivity contribution >= 4 is 5.69 Å². The highest BCUT2D eigenvalue weighted by Crippen LogP contribution is 2.05. The second kappa shape index (κ2) is 5.94. The first-order chi connectivity index (χ1) is 5.74. The monoisotopic (exact) mass is 246 g/mol. The molecule has 0 aliphatic heterocycles. The van der Waals surface area contributed by atoms with Gasteiger partial charge in [-0.25, -0.2) is 4.57 Å². The number of nitrogens with zero attached hydrogens (tertiary/aromatic N) is 2. The molecule has 0 spiro atoms. The largest absolute Gasteiger partial charge is 1.00 e. The lowest BCUT2D eigenvalue weighted by molar-refractivity contribution is -0.698. The van der Waals surface area contributed by atoms with Gasteiger partial charge in [-0.3, -0.25) is 0 Å². The van der Waals surface area contributed by atoms with Gasteiger partial charge in [0, 0.05) is 31.9 Å². The van der Waals surface area contributed by atoms with E-state index in [0.717, 1.165) is 0 Å². The predicted octanol–water partition coefficient (Wildman–Crippen LogP) is -2.96. The molecule has 3 nitrogen and oxygen atoms in total. The van der Waals surface area contributed by atoms with Crippen LogP contribution in [-0.2, 0) is 6.54 Å². The maximum atomic E-state index is 8.67. The molecule has 1 rings (SSSR count). The number of aromatic nitrogens is 1. The molecule has 0 aliphatic carbocycles. The topological polar surface area (TPSA) is 27.4 Å². The van der Waals surface area contributed by atoms with Crippen molar-refractivity contribution < 1.29 is 26.7 Å². The quantitative estimate of drug-likeness (QED) is 0.578. The highest BCUT2D eigenvalue weighted by atomic mass is 79.9. The van der Waals surface area contributed by atoms with Gasteiger partial charge in [0.25, 0.3) is 0 Å². The molecule has 0 saturated carbocycles. The van der Waals surface area contributed by atoms with E-state index in [9.17, 15) is 0 Å². The number of hydrogen-bond acceptors (Lipinski definition) is 2. The lowest BCUT2D eigenvalue weighted by Gasteiger charge is -2.10. The van der Waals surface area contributed by atoms with E-state index in [4.69, 9.17) is 5.11 Å². The Hall–Kier alpha value is -0.610. The van der Waals surface area contributed by atoms with E-state index in [0.29, 0.717) is 6.54 Å². The molecule has 0 saturated heterocycles. The molecule has 0 amide bonds. The Morgan fingerprint density at radius 1 is 1.31 bits per heavy atom. The molecule has 1 aromatic rings. The first kappa shape index (κ1) is 12.4. The van der Waals surface area contributed by atoms with Gasteiger partial charge in [0.1, 0.15) is 6.61 Å². The highest BCUT2D eigenvalue weighted by Gasteiger charge is 1.99. The van der Waals surface area contributed by atoms with Crippen molar-refractivity contribution in [1.82, 2.24) is 0 Å². The van der Waals surface area contributed by atoms with Gasteiger partial charge in [0.2, 0.25) is 0 Å². The van der Waals surface area contributed by atoms with Crippen LogP contribution in [0.2, 0.25) is 0 Å². The van der Waals surface area contributed by atoms with Crippen LogP contribution in [-0.4, -0.2) is 25.8 Å². The third kappa shape index (κ3) is 3.74. The molecule has 0 radical (unpaired) electrons. The molecule has 0 bridgehead atoms. The Bertz CT molecular complexity index is 236. The minimum atomic E-state index is 0. The van der Waals surface area contributed by atoms with E-state index in [2.05, 4.69) is 0 Å². The first-order valence-electron chi connectivity index (χ1n) is 4.01. The van der Waals surface area contributed by atoms with Crippen molar-refractivity contribution in [2.75, 3.05) is 25.6 Å². The van der Waals surface area contributed by atoms with Gasteiger partial charge < -0.3 is 27.0 Å². The van der Waals surface area contributed by atoms with Crippen LogP contribution in [0, 0.1) is 0 Å². The number of halogens is 1. The molecular formula is C9H15BrN2O. The summed E-state index contributed by atoms with van der Waals surface area (Å²) in [6, 6.07) is 4.05. The molecule has 1 aromatic heterocycles. The van der Waals surface area contributed by atoms with Gasteiger partial charge in [-0.15, -0.1) is 0 Å². The molecule has 0 atom stereocenters. The zero-order valence-corrected chi connectivity index (χ0v) is 9.53. The summed E-state index contributed by atoms with van der Waals surface area (Å²) in [5.74, 6) is 0. The van der Waals surface area contributed by atoms with Gasteiger partial charge in [-0.05, 0) is 0 Å². The SMILES string of the molecule is CN(C)c1cc[n+](CCO)cc1.[Br-]. The summed E-state index contributed by atoms with van der Waals surface area (Å²) in [6.45, 7) is 0.847. The first-order valence-corrected chi connectivity index (χ1v) is 4.01. The van der Waals surface area contributed by atoms with Crippen molar-refractivity contribution in [2.24, 2.45) is 0 Å². The molecule has 0 unspecified atom stereocenters. The molecule has 1 heterocycles. The minimum Gasteiger partial charge on any atom is -1.00 e. The smallest absolute Gasteiger partial charge is 0.171 e. The van der Waals surface area contributed by atoms with Crippen LogP contribution in [0.25, 0.3) is 0 Å². The summed E-state index contributed by atoms with van der Waals surface area (Å²) in [5, 5.41) is 8.67. The van der Waals surface area contributed by atoms with Crippen LogP contribution in [0.5, 0.6) is 0 Å². The van der Waals surface area contributed by atoms with Crippen molar-refractivity contribution in [3.05, 3.63) is 24.5 Å². The molecule has 13 heavy (non-hydrogen) atoms. The van der Waals surface area contributed by atoms with Gasteiger partial charge in [0.15, 0.2) is 18.9 Å². The molecule has 4 heteroatoms. The van der Waals surface area contributed by atoms with Crippen molar-refractivity contribution in [1.29, 1.82) is 0 Å². The van der Waals surface area contributed by atoms with Crippen molar-refractivity contribution in [2.45, 2.75) is 6.54 Å². The Kier molecular flexibility index (Phi) is 5.66. The number of anilines is 1. The average Bonchev–Trinajstić information content (AvgIpc) is 2.06. The summed E-state index contributed by atoms with van der Waals surface area (Å²) < 4.78 is 1.95. The maximum absolute atomic E-state index is 8.67. The van der Waals surface area contributed by atoms with Gasteiger partial charge in [0.05, 0.1) is 0 Å². The summed E-state index contributed by atoms with van der Waals surface area (Å²) in [4.78, 5) is 2.04. The van der Waals surface area contributed by atoms with E-state index in [1.54, 1.807) is 0 Å². The summed E-state index contributed by atoms with van der Waals surface area (Å²) >= 11 is 0. The summed E-state index contributed by atoms with van der Waals surface area (Å²) in [7, 11) is 4.01. The van der Waals surface area contributed by atoms with Crippen LogP contribution in [0.3, 0.4) is 0 Å². The predicted molar refractivity (Wildman–Crippen MR) is 48.0 cm³/mol. The second-order valence-corrected chi connectivity index (χ2v) is 2.91. The van der Waals surface area contributed by atoms with Crippen LogP contribution in [0.4, 0.5) is 5.69 Å². The third-order valence-electron chi connectivity index (χ3n) is 1.75. The number of rotatable bonds is 3. The van der Waals surface area contributed by atoms with Gasteiger partial charge in [-0.1, -0.05) is 0 Å². The van der Waals surface area contributed by atoms with Crippen molar-refractivity contribution in [3.63, 3.8) is 0 Å². The molecule has 0 fully saturated rings. The summed E-state index contributed by atoms with van der Waals surface area (Å²) in [5.41, 5.74) is 1.17. The Balaban J connectivity index is 0.00000144. The zero-order valence-electron chi connectivity index (χ0n) is 7.94. The van der Waals surface area contributed by atoms with Crippen LogP contribution in [0.1, 0.15) is 0 Å². The number of hydrogen-bond donors (Lipinski definition) is 1. The lowest BCUT2D eigenvalue weighted by atomic mass is 10.4. The zero-order chi connectivity index (χ0) is 8.97. The van der Waals surface area contributed by atoms with Crippen LogP contribution in [0.15, 0.2) is 24.5 Å². The normalized spacial score (nSPS) is 9.15. The fourth-order valence-electron chi connectivity index (χ4n) is 1.01. The molecule has 0 aliphatic rings. The van der Waals surface area contributed by atoms with E-state index in [-0.39, 0.29) is 23.6 Å². The fraction of sp³-hybridized carbons (Fsp3) is 0.444. The van der Waals surface area contributed by atoms with Crippen LogP contribution >= 0.6 is 0 Å². The Morgan fingerprint density at radius 2 is 1.85 bits per heavy atom. The third-order valence-corrected chi connectivity index (χ3v) is 1.75. The fourth-order valence-corrected chi connectivity index (χ4v) is 1.01. The minimum absolute atomic E-state index is 0. The van der Waals surface area contributed by atoms with E-state index >= 15 is 0 Å². The van der Waals surface area contributed by atoms with Crippen molar-refractivity contribution in [3.8, 4) is 0 Å². The lowest BCUT2D eigenvalue weighted by Crippen LogP contribution is -3.00. The van der Waals surface area contributed by atoms with E-state index < -0.39 is 0 Å². The average molecular weight is 247 g/mol. The molecule has 74 valence electrons. The number of aliphatic hydroxyl groups is 1. The van der Waals surface area contributed by atoms with Crippen LogP contribution < -0.4 is 26.4 Å². The maximum Gasteiger partial charge on any atom is 0.171 e. The summed E-state index contributed by atoms with van der Waals surface area (Å²) in [6.07, 6.45) is 3.93. The highest BCUT2D eigenvalue weighted by molar-refractivity contribution is 5.41. The number of pyridine rings is 1. The Labute approximate surface area is 89.4 Å². The van der Waals surface area contributed by atoms with Gasteiger partial charge >= 0.3 is 0 Å². The molecular weight excluding hydrogens is 232 g/mol. The Morgan fingerprint density at radius 3 is 2.23 bits per heavy atom. The standard InChI is InChI=1S/C9H15N2O.BrH/c1-10(2)9-3-5-11(6-4-9)7-8-12;/h3-6,12H,7-8H2,1-2H3;1H/q+1;/p-1. The molecule has 1 N–H and O–H groups in total. The van der Waals surface area contributed by atoms with E-state index in [1.165, 1.54) is 5.69 Å².